The van der Waals surface area contributed by atoms with Gasteiger partial charge in [0.1, 0.15) is 0 Å². The van der Waals surface area contributed by atoms with Crippen molar-refractivity contribution in [3.8, 4) is 12.3 Å². The van der Waals surface area contributed by atoms with E-state index < -0.39 is 0 Å². The average Bonchev–Trinajstić information content (AvgIpc) is 3.26. The largest absolute Gasteiger partial charge is 0.154 e. The van der Waals surface area contributed by atoms with Gasteiger partial charge in [0.2, 0.25) is 0 Å². The second kappa shape index (κ2) is 7.00. The van der Waals surface area contributed by atoms with E-state index in [0.717, 1.165) is 53.8 Å². The Labute approximate surface area is 161 Å². The van der Waals surface area contributed by atoms with E-state index in [-0.39, 0.29) is 0 Å². The van der Waals surface area contributed by atoms with E-state index in [9.17, 15) is 0 Å². The molecule has 0 fully saturated rings. The average molecular weight is 352 g/mol. The van der Waals surface area contributed by atoms with Crippen molar-refractivity contribution in [1.82, 2.24) is 0 Å². The maximum Gasteiger partial charge on any atom is 0.0763 e. The maximum absolute atomic E-state index is 5.75. The van der Waals surface area contributed by atoms with Crippen molar-refractivity contribution in [2.24, 2.45) is 16.1 Å². The van der Waals surface area contributed by atoms with E-state index in [1.807, 2.05) is 0 Å². The van der Waals surface area contributed by atoms with Crippen molar-refractivity contribution >= 4 is 11.4 Å². The van der Waals surface area contributed by atoms with Gasteiger partial charge in [-0.05, 0) is 65.1 Å². The van der Waals surface area contributed by atoms with E-state index in [4.69, 9.17) is 6.42 Å². The molecule has 1 aliphatic heterocycles. The van der Waals surface area contributed by atoms with Gasteiger partial charge in [0, 0.05) is 12.0 Å². The minimum atomic E-state index is 0.581. The van der Waals surface area contributed by atoms with Crippen LogP contribution in [0.5, 0.6) is 0 Å². The molecule has 2 aromatic rings. The summed E-state index contributed by atoms with van der Waals surface area (Å²) in [4.78, 5) is 0. The van der Waals surface area contributed by atoms with Crippen LogP contribution in [0.25, 0.3) is 0 Å². The van der Waals surface area contributed by atoms with Crippen LogP contribution in [0.4, 0.5) is 0 Å². The Morgan fingerprint density at radius 2 is 1.63 bits per heavy atom. The normalized spacial score (nSPS) is 15.6. The van der Waals surface area contributed by atoms with Crippen molar-refractivity contribution in [2.75, 3.05) is 0 Å². The summed E-state index contributed by atoms with van der Waals surface area (Å²) in [6.45, 7) is 8.54. The molecule has 0 spiro atoms. The Kier molecular flexibility index (Phi) is 4.54. The minimum Gasteiger partial charge on any atom is -0.154 e. The van der Waals surface area contributed by atoms with Gasteiger partial charge >= 0.3 is 0 Å². The van der Waals surface area contributed by atoms with Crippen LogP contribution in [0.3, 0.4) is 0 Å². The Morgan fingerprint density at radius 3 is 2.33 bits per heavy atom. The molecular formula is C25H24N2. The smallest absolute Gasteiger partial charge is 0.0763 e. The summed E-state index contributed by atoms with van der Waals surface area (Å²) in [5.41, 5.74) is 10.5. The summed E-state index contributed by atoms with van der Waals surface area (Å²) in [5.74, 6) is 3.42. The first-order valence-electron chi connectivity index (χ1n) is 9.55. The van der Waals surface area contributed by atoms with Gasteiger partial charge in [-0.1, -0.05) is 56.2 Å². The predicted octanol–water partition coefficient (Wildman–Crippen LogP) is 5.12. The van der Waals surface area contributed by atoms with E-state index in [1.54, 1.807) is 0 Å². The highest BCUT2D eigenvalue weighted by atomic mass is 15.2. The molecule has 2 aromatic carbocycles. The highest BCUT2D eigenvalue weighted by molar-refractivity contribution is 6.20. The van der Waals surface area contributed by atoms with Crippen LogP contribution in [0.1, 0.15) is 53.6 Å². The number of fused-ring (bicyclic) bond motifs is 1. The zero-order valence-electron chi connectivity index (χ0n) is 16.0. The topological polar surface area (TPSA) is 24.7 Å². The summed E-state index contributed by atoms with van der Waals surface area (Å²) in [7, 11) is 0. The Balaban J connectivity index is 1.54. The molecule has 0 bridgehead atoms. The monoisotopic (exact) mass is 352 g/mol. The molecular weight excluding hydrogens is 328 g/mol. The standard InChI is InChI=1S/C25H24N2/c1-5-18-13-21(8-6-19(18)10-16(2)3)24-15-25(27-26-24)22-9-7-20-11-17(4)12-23(20)14-22/h1,6-9,13-14,16H,4,10-12,15H2,2-3H3. The summed E-state index contributed by atoms with van der Waals surface area (Å²) < 4.78 is 0. The molecule has 0 amide bonds. The maximum atomic E-state index is 5.75. The second-order valence-corrected chi connectivity index (χ2v) is 7.97. The van der Waals surface area contributed by atoms with Crippen molar-refractivity contribution in [3.63, 3.8) is 0 Å². The third-order valence-electron chi connectivity index (χ3n) is 5.27. The number of terminal acetylenes is 1. The van der Waals surface area contributed by atoms with Crippen LogP contribution in [0.2, 0.25) is 0 Å². The first-order valence-corrected chi connectivity index (χ1v) is 9.55. The van der Waals surface area contributed by atoms with Crippen LogP contribution in [-0.2, 0) is 19.3 Å². The van der Waals surface area contributed by atoms with Crippen LogP contribution < -0.4 is 0 Å². The number of benzene rings is 2. The Bertz CT molecular complexity index is 1030. The van der Waals surface area contributed by atoms with Gasteiger partial charge in [0.15, 0.2) is 0 Å². The van der Waals surface area contributed by atoms with E-state index >= 15 is 0 Å². The molecule has 2 nitrogen and oxygen atoms in total. The van der Waals surface area contributed by atoms with E-state index in [2.05, 4.69) is 72.9 Å². The third-order valence-corrected chi connectivity index (χ3v) is 5.27. The number of allylic oxidation sites excluding steroid dienone is 1. The molecule has 1 heterocycles. The van der Waals surface area contributed by atoms with Crippen molar-refractivity contribution in [2.45, 2.75) is 39.5 Å². The van der Waals surface area contributed by atoms with Gasteiger partial charge < -0.3 is 0 Å². The molecule has 0 aromatic heterocycles. The summed E-state index contributed by atoms with van der Waals surface area (Å²) in [6, 6.07) is 13.0. The van der Waals surface area contributed by atoms with Gasteiger partial charge in [0.25, 0.3) is 0 Å². The fraction of sp³-hybridized carbons (Fsp3) is 0.280. The fourth-order valence-electron chi connectivity index (χ4n) is 3.92. The fourth-order valence-corrected chi connectivity index (χ4v) is 3.92. The summed E-state index contributed by atoms with van der Waals surface area (Å²) in [6.07, 6.45) is 9.47. The predicted molar refractivity (Wildman–Crippen MR) is 114 cm³/mol. The zero-order valence-corrected chi connectivity index (χ0v) is 16.0. The molecule has 0 N–H and O–H groups in total. The van der Waals surface area contributed by atoms with Crippen molar-refractivity contribution < 1.29 is 0 Å². The lowest BCUT2D eigenvalue weighted by molar-refractivity contribution is 0.646. The lowest BCUT2D eigenvalue weighted by Gasteiger charge is -2.10. The number of hydrogen-bond donors (Lipinski definition) is 0. The number of nitrogens with zero attached hydrogens (tertiary/aromatic N) is 2. The van der Waals surface area contributed by atoms with Crippen LogP contribution in [-0.4, -0.2) is 11.4 Å². The summed E-state index contributed by atoms with van der Waals surface area (Å²) >= 11 is 0. The molecule has 0 saturated heterocycles. The van der Waals surface area contributed by atoms with Crippen LogP contribution >= 0.6 is 0 Å². The minimum absolute atomic E-state index is 0.581. The van der Waals surface area contributed by atoms with E-state index in [0.29, 0.717) is 5.92 Å². The summed E-state index contributed by atoms with van der Waals surface area (Å²) in [5, 5.41) is 8.92. The second-order valence-electron chi connectivity index (χ2n) is 7.97. The first-order chi connectivity index (χ1) is 13.0. The zero-order chi connectivity index (χ0) is 19.0. The molecule has 1 aliphatic carbocycles. The van der Waals surface area contributed by atoms with Gasteiger partial charge in [-0.2, -0.15) is 10.2 Å². The van der Waals surface area contributed by atoms with Gasteiger partial charge in [-0.3, -0.25) is 0 Å². The molecule has 4 rings (SSSR count). The first kappa shape index (κ1) is 17.5. The molecule has 2 aliphatic rings. The lowest BCUT2D eigenvalue weighted by Crippen LogP contribution is -2.07. The van der Waals surface area contributed by atoms with Crippen molar-refractivity contribution in [1.29, 1.82) is 0 Å². The number of rotatable bonds is 4. The highest BCUT2D eigenvalue weighted by Crippen LogP contribution is 2.28. The van der Waals surface area contributed by atoms with Gasteiger partial charge in [0.05, 0.1) is 11.4 Å². The van der Waals surface area contributed by atoms with Gasteiger partial charge in [-0.15, -0.1) is 6.42 Å². The molecule has 0 radical (unpaired) electrons. The van der Waals surface area contributed by atoms with E-state index in [1.165, 1.54) is 22.3 Å². The molecule has 134 valence electrons. The molecule has 27 heavy (non-hydrogen) atoms. The molecule has 0 atom stereocenters. The molecule has 0 saturated carbocycles. The quantitative estimate of drug-likeness (QED) is 0.539. The highest BCUT2D eigenvalue weighted by Gasteiger charge is 2.20. The number of hydrogen-bond acceptors (Lipinski definition) is 2. The Hall–Kier alpha value is -2.92. The molecule has 2 heteroatoms. The van der Waals surface area contributed by atoms with Crippen LogP contribution in [0.15, 0.2) is 58.8 Å². The third kappa shape index (κ3) is 3.51. The van der Waals surface area contributed by atoms with Gasteiger partial charge in [-0.25, -0.2) is 0 Å². The lowest BCUT2D eigenvalue weighted by atomic mass is 9.93. The SMILES string of the molecule is C#Cc1cc(C2=NN=C(c3ccc4c(c3)CC(=C)C4)C2)ccc1CC(C)C. The Morgan fingerprint density at radius 1 is 0.963 bits per heavy atom. The van der Waals surface area contributed by atoms with Crippen molar-refractivity contribution in [3.05, 3.63) is 81.9 Å². The molecule has 0 unspecified atom stereocenters. The van der Waals surface area contributed by atoms with Crippen LogP contribution in [0, 0.1) is 18.3 Å².